The quantitative estimate of drug-likeness (QED) is 0.541. The number of nitrogens with zero attached hydrogens (tertiary/aromatic N) is 4. The molecule has 3 heterocycles. The smallest absolute Gasteiger partial charge is 0.265 e. The summed E-state index contributed by atoms with van der Waals surface area (Å²) in [7, 11) is -3.90. The number of anilines is 1. The lowest BCUT2D eigenvalue weighted by Gasteiger charge is -2.35. The molecule has 7 nitrogen and oxygen atoms in total. The maximum absolute atomic E-state index is 13.5. The van der Waals surface area contributed by atoms with Crippen molar-refractivity contribution in [2.45, 2.75) is 17.9 Å². The minimum atomic E-state index is -3.90. The van der Waals surface area contributed by atoms with Crippen LogP contribution in [0.25, 0.3) is 0 Å². The van der Waals surface area contributed by atoms with Gasteiger partial charge in [-0.3, -0.25) is 19.0 Å². The molecule has 9 heteroatoms. The predicted molar refractivity (Wildman–Crippen MR) is 132 cm³/mol. The molecule has 1 aromatic heterocycles. The summed E-state index contributed by atoms with van der Waals surface area (Å²) < 4.78 is 28.4. The topological polar surface area (TPSA) is 73.8 Å². The van der Waals surface area contributed by atoms with Gasteiger partial charge in [0.2, 0.25) is 0 Å². The minimum absolute atomic E-state index is 0.0342. The molecule has 0 aliphatic carbocycles. The van der Waals surface area contributed by atoms with Crippen LogP contribution in [0.4, 0.5) is 5.69 Å². The molecule has 2 aliphatic rings. The number of amides is 1. The first-order valence-corrected chi connectivity index (χ1v) is 13.1. The number of carbonyl (C=O) groups excluding carboxylic acids is 1. The number of rotatable bonds is 5. The molecule has 34 heavy (non-hydrogen) atoms. The highest BCUT2D eigenvalue weighted by atomic mass is 35.5. The van der Waals surface area contributed by atoms with E-state index in [1.807, 2.05) is 30.3 Å². The number of benzene rings is 2. The molecule has 0 saturated carbocycles. The van der Waals surface area contributed by atoms with Crippen LogP contribution in [0.15, 0.2) is 71.9 Å². The third-order valence-corrected chi connectivity index (χ3v) is 8.70. The van der Waals surface area contributed by atoms with Crippen molar-refractivity contribution in [2.75, 3.05) is 37.0 Å². The lowest BCUT2D eigenvalue weighted by molar-refractivity contribution is 0.0628. The average molecular weight is 497 g/mol. The van der Waals surface area contributed by atoms with Gasteiger partial charge in [-0.1, -0.05) is 29.8 Å². The molecular weight excluding hydrogens is 472 g/mol. The normalized spacial score (nSPS) is 16.5. The van der Waals surface area contributed by atoms with E-state index in [0.29, 0.717) is 37.3 Å². The maximum atomic E-state index is 13.5. The summed E-state index contributed by atoms with van der Waals surface area (Å²) in [5.74, 6) is -0.182. The number of para-hydroxylation sites is 1. The van der Waals surface area contributed by atoms with Gasteiger partial charge < -0.3 is 4.90 Å². The van der Waals surface area contributed by atoms with E-state index in [1.165, 1.54) is 22.0 Å². The molecule has 3 aromatic rings. The van der Waals surface area contributed by atoms with Crippen molar-refractivity contribution in [3.8, 4) is 0 Å². The van der Waals surface area contributed by atoms with Gasteiger partial charge in [0.05, 0.1) is 10.7 Å². The molecule has 0 unspecified atom stereocenters. The number of carbonyl (C=O) groups is 1. The second kappa shape index (κ2) is 9.37. The highest BCUT2D eigenvalue weighted by Crippen LogP contribution is 2.35. The van der Waals surface area contributed by atoms with E-state index in [4.69, 9.17) is 11.6 Å². The summed E-state index contributed by atoms with van der Waals surface area (Å²) in [4.78, 5) is 21.3. The van der Waals surface area contributed by atoms with Gasteiger partial charge in [-0.2, -0.15) is 0 Å². The third kappa shape index (κ3) is 4.41. The van der Waals surface area contributed by atoms with Crippen LogP contribution in [-0.2, 0) is 23.0 Å². The standard InChI is InChI=1S/C25H25ClN4O3S/c26-22-6-5-21(17-24(22)34(32,33)30-12-9-20-3-1-2-4-23(20)30)25(31)29-15-13-28(14-16-29)18-19-7-10-27-11-8-19/h1-8,10-11,17H,9,12-16,18H2. The Bertz CT molecular complexity index is 1310. The van der Waals surface area contributed by atoms with Crippen LogP contribution in [0.3, 0.4) is 0 Å². The van der Waals surface area contributed by atoms with Crippen molar-refractivity contribution in [3.63, 3.8) is 0 Å². The molecule has 0 spiro atoms. The van der Waals surface area contributed by atoms with Crippen molar-refractivity contribution < 1.29 is 13.2 Å². The van der Waals surface area contributed by atoms with Gasteiger partial charge in [0, 0.05) is 57.2 Å². The number of hydrogen-bond donors (Lipinski definition) is 0. The highest BCUT2D eigenvalue weighted by Gasteiger charge is 2.33. The number of halogens is 1. The van der Waals surface area contributed by atoms with E-state index in [0.717, 1.165) is 25.2 Å². The van der Waals surface area contributed by atoms with Gasteiger partial charge in [0.25, 0.3) is 15.9 Å². The predicted octanol–water partition coefficient (Wildman–Crippen LogP) is 3.44. The SMILES string of the molecule is O=C(c1ccc(Cl)c(S(=O)(=O)N2CCc3ccccc32)c1)N1CCN(Cc2ccncc2)CC1. The molecule has 0 bridgehead atoms. The Morgan fingerprint density at radius 3 is 2.44 bits per heavy atom. The molecule has 0 N–H and O–H groups in total. The Labute approximate surface area is 204 Å². The Morgan fingerprint density at radius 1 is 0.941 bits per heavy atom. The zero-order valence-corrected chi connectivity index (χ0v) is 20.2. The second-order valence-corrected chi connectivity index (χ2v) is 10.8. The summed E-state index contributed by atoms with van der Waals surface area (Å²) in [6, 6.07) is 16.0. The van der Waals surface area contributed by atoms with Gasteiger partial charge in [-0.15, -0.1) is 0 Å². The van der Waals surface area contributed by atoms with Crippen molar-refractivity contribution >= 4 is 33.2 Å². The monoisotopic (exact) mass is 496 g/mol. The van der Waals surface area contributed by atoms with E-state index >= 15 is 0 Å². The molecule has 1 saturated heterocycles. The lowest BCUT2D eigenvalue weighted by atomic mass is 10.1. The molecule has 1 amide bonds. The Balaban J connectivity index is 1.32. The number of piperazine rings is 1. The fraction of sp³-hybridized carbons (Fsp3) is 0.280. The highest BCUT2D eigenvalue weighted by molar-refractivity contribution is 7.93. The summed E-state index contributed by atoms with van der Waals surface area (Å²) in [6.45, 7) is 3.82. The number of hydrogen-bond acceptors (Lipinski definition) is 5. The molecule has 0 atom stereocenters. The van der Waals surface area contributed by atoms with Crippen molar-refractivity contribution in [1.82, 2.24) is 14.8 Å². The molecule has 5 rings (SSSR count). The molecule has 2 aromatic carbocycles. The Morgan fingerprint density at radius 2 is 1.68 bits per heavy atom. The van der Waals surface area contributed by atoms with E-state index in [-0.39, 0.29) is 15.8 Å². The first-order valence-electron chi connectivity index (χ1n) is 11.2. The summed E-state index contributed by atoms with van der Waals surface area (Å²) in [5.41, 5.74) is 3.17. The van der Waals surface area contributed by atoms with Crippen LogP contribution in [0.2, 0.25) is 5.02 Å². The average Bonchev–Trinajstić information content (AvgIpc) is 3.30. The van der Waals surface area contributed by atoms with Crippen molar-refractivity contribution in [1.29, 1.82) is 0 Å². The van der Waals surface area contributed by atoms with E-state index in [2.05, 4.69) is 9.88 Å². The lowest BCUT2D eigenvalue weighted by Crippen LogP contribution is -2.48. The zero-order chi connectivity index (χ0) is 23.7. The van der Waals surface area contributed by atoms with Crippen LogP contribution < -0.4 is 4.31 Å². The summed E-state index contributed by atoms with van der Waals surface area (Å²) >= 11 is 6.33. The first kappa shape index (κ1) is 22.8. The fourth-order valence-corrected chi connectivity index (χ4v) is 6.56. The van der Waals surface area contributed by atoms with Gasteiger partial charge in [0.15, 0.2) is 0 Å². The summed E-state index contributed by atoms with van der Waals surface area (Å²) in [6.07, 6.45) is 4.21. The molecule has 176 valence electrons. The summed E-state index contributed by atoms with van der Waals surface area (Å²) in [5, 5.41) is 0.114. The number of pyridine rings is 1. The Hall–Kier alpha value is -2.94. The number of fused-ring (bicyclic) bond motifs is 1. The maximum Gasteiger partial charge on any atom is 0.265 e. The number of aromatic nitrogens is 1. The van der Waals surface area contributed by atoms with Gasteiger partial charge in [-0.05, 0) is 53.9 Å². The number of sulfonamides is 1. The van der Waals surface area contributed by atoms with Crippen LogP contribution in [-0.4, -0.2) is 61.8 Å². The largest absolute Gasteiger partial charge is 0.336 e. The fourth-order valence-electron chi connectivity index (χ4n) is 4.55. The van der Waals surface area contributed by atoms with Gasteiger partial charge in [0.1, 0.15) is 4.90 Å². The minimum Gasteiger partial charge on any atom is -0.336 e. The van der Waals surface area contributed by atoms with Gasteiger partial charge in [-0.25, -0.2) is 8.42 Å². The first-order chi connectivity index (χ1) is 16.4. The van der Waals surface area contributed by atoms with Crippen molar-refractivity contribution in [2.24, 2.45) is 0 Å². The Kier molecular flexibility index (Phi) is 6.29. The van der Waals surface area contributed by atoms with Gasteiger partial charge >= 0.3 is 0 Å². The third-order valence-electron chi connectivity index (χ3n) is 6.41. The molecule has 1 fully saturated rings. The molecule has 0 radical (unpaired) electrons. The van der Waals surface area contributed by atoms with E-state index in [9.17, 15) is 13.2 Å². The molecular formula is C25H25ClN4O3S. The van der Waals surface area contributed by atoms with Crippen LogP contribution in [0.5, 0.6) is 0 Å². The van der Waals surface area contributed by atoms with Crippen LogP contribution in [0.1, 0.15) is 21.5 Å². The zero-order valence-electron chi connectivity index (χ0n) is 18.6. The van der Waals surface area contributed by atoms with Crippen LogP contribution in [0, 0.1) is 0 Å². The van der Waals surface area contributed by atoms with Crippen LogP contribution >= 0.6 is 11.6 Å². The van der Waals surface area contributed by atoms with E-state index in [1.54, 1.807) is 29.4 Å². The van der Waals surface area contributed by atoms with E-state index < -0.39 is 10.0 Å². The van der Waals surface area contributed by atoms with Crippen molar-refractivity contribution in [3.05, 3.63) is 88.7 Å². The second-order valence-electron chi connectivity index (χ2n) is 8.52. The molecule has 2 aliphatic heterocycles.